The first-order valence-corrected chi connectivity index (χ1v) is 6.27. The van der Waals surface area contributed by atoms with Crippen molar-refractivity contribution in [1.29, 1.82) is 0 Å². The van der Waals surface area contributed by atoms with E-state index in [-0.39, 0.29) is 0 Å². The summed E-state index contributed by atoms with van der Waals surface area (Å²) < 4.78 is 3.04. The van der Waals surface area contributed by atoms with Crippen LogP contribution in [0.15, 0.2) is 23.1 Å². The summed E-state index contributed by atoms with van der Waals surface area (Å²) in [7, 11) is 1.84. The van der Waals surface area contributed by atoms with E-state index in [9.17, 15) is 0 Å². The number of halogens is 1. The predicted octanol–water partition coefficient (Wildman–Crippen LogP) is 0.831. The molecule has 3 heterocycles. The highest BCUT2D eigenvalue weighted by Gasteiger charge is 2.29. The van der Waals surface area contributed by atoms with Gasteiger partial charge in [-0.15, -0.1) is 0 Å². The number of aromatic nitrogens is 5. The Kier molecular flexibility index (Phi) is 2.71. The zero-order valence-electron chi connectivity index (χ0n) is 9.49. The molecule has 0 N–H and O–H groups in total. The van der Waals surface area contributed by atoms with E-state index in [0.29, 0.717) is 6.04 Å². The molecule has 1 aliphatic rings. The van der Waals surface area contributed by atoms with Crippen LogP contribution in [-0.4, -0.2) is 42.8 Å². The molecule has 0 radical (unpaired) electrons. The van der Waals surface area contributed by atoms with Gasteiger partial charge in [0.05, 0.1) is 28.6 Å². The molecule has 2 aromatic rings. The highest BCUT2D eigenvalue weighted by Crippen LogP contribution is 2.23. The zero-order valence-corrected chi connectivity index (χ0v) is 11.1. The zero-order chi connectivity index (χ0) is 11.8. The van der Waals surface area contributed by atoms with E-state index in [4.69, 9.17) is 0 Å². The maximum absolute atomic E-state index is 4.29. The van der Waals surface area contributed by atoms with Crippen molar-refractivity contribution in [3.05, 3.63) is 28.8 Å². The van der Waals surface area contributed by atoms with Crippen LogP contribution in [0.25, 0.3) is 0 Å². The first kappa shape index (κ1) is 10.9. The van der Waals surface area contributed by atoms with E-state index < -0.39 is 0 Å². The van der Waals surface area contributed by atoms with E-state index in [1.165, 1.54) is 0 Å². The fourth-order valence-electron chi connectivity index (χ4n) is 2.04. The first-order chi connectivity index (χ1) is 8.20. The van der Waals surface area contributed by atoms with Crippen molar-refractivity contribution < 1.29 is 0 Å². The van der Waals surface area contributed by atoms with Gasteiger partial charge in [0.1, 0.15) is 0 Å². The molecule has 1 aliphatic heterocycles. The van der Waals surface area contributed by atoms with Crippen molar-refractivity contribution in [3.63, 3.8) is 0 Å². The molecule has 1 saturated heterocycles. The Balaban J connectivity index is 1.55. The normalized spacial score (nSPS) is 17.3. The molecule has 3 rings (SSSR count). The van der Waals surface area contributed by atoms with Crippen LogP contribution < -0.4 is 0 Å². The van der Waals surface area contributed by atoms with Gasteiger partial charge in [0.2, 0.25) is 0 Å². The second-order valence-corrected chi connectivity index (χ2v) is 5.23. The van der Waals surface area contributed by atoms with E-state index in [1.54, 1.807) is 4.80 Å². The molecule has 2 aromatic heterocycles. The van der Waals surface area contributed by atoms with Crippen LogP contribution in [0.5, 0.6) is 0 Å². The summed E-state index contributed by atoms with van der Waals surface area (Å²) in [5, 5.41) is 12.6. The van der Waals surface area contributed by atoms with Gasteiger partial charge in [-0.2, -0.15) is 20.1 Å². The Hall–Kier alpha value is -1.21. The Labute approximate surface area is 107 Å². The van der Waals surface area contributed by atoms with Gasteiger partial charge in [0.25, 0.3) is 0 Å². The van der Waals surface area contributed by atoms with Crippen LogP contribution in [0, 0.1) is 0 Å². The van der Waals surface area contributed by atoms with Crippen LogP contribution in [0.3, 0.4) is 0 Å². The summed E-state index contributed by atoms with van der Waals surface area (Å²) in [6, 6.07) is 0.484. The lowest BCUT2D eigenvalue weighted by molar-refractivity contribution is 0.0893. The third-order valence-corrected chi connectivity index (χ3v) is 3.32. The molecule has 0 saturated carbocycles. The molecule has 0 spiro atoms. The standard InChI is InChI=1S/C10H13BrN6/c1-15-12-3-9(14-15)5-16-6-10(7-16)17-4-8(11)2-13-17/h2-4,10H,5-7H2,1H3. The quantitative estimate of drug-likeness (QED) is 0.842. The van der Waals surface area contributed by atoms with Crippen molar-refractivity contribution in [2.45, 2.75) is 12.6 Å². The maximum Gasteiger partial charge on any atom is 0.0967 e. The summed E-state index contributed by atoms with van der Waals surface area (Å²) in [6.45, 7) is 2.90. The maximum atomic E-state index is 4.29. The van der Waals surface area contributed by atoms with Crippen molar-refractivity contribution in [2.75, 3.05) is 13.1 Å². The molecule has 7 heteroatoms. The molecule has 0 atom stereocenters. The highest BCUT2D eigenvalue weighted by molar-refractivity contribution is 9.10. The number of hydrogen-bond donors (Lipinski definition) is 0. The molecule has 17 heavy (non-hydrogen) atoms. The van der Waals surface area contributed by atoms with Crippen molar-refractivity contribution in [2.24, 2.45) is 7.05 Å². The second-order valence-electron chi connectivity index (χ2n) is 4.31. The summed E-state index contributed by atoms with van der Waals surface area (Å²) in [5.74, 6) is 0. The van der Waals surface area contributed by atoms with Gasteiger partial charge in [-0.3, -0.25) is 9.58 Å². The van der Waals surface area contributed by atoms with Crippen LogP contribution in [0.1, 0.15) is 11.7 Å². The molecule has 0 bridgehead atoms. The monoisotopic (exact) mass is 296 g/mol. The summed E-state index contributed by atoms with van der Waals surface area (Å²) in [5.41, 5.74) is 1.02. The van der Waals surface area contributed by atoms with Crippen LogP contribution in [-0.2, 0) is 13.6 Å². The fraction of sp³-hybridized carbons (Fsp3) is 0.500. The molecule has 1 fully saturated rings. The van der Waals surface area contributed by atoms with Crippen LogP contribution in [0.4, 0.5) is 0 Å². The number of likely N-dealkylation sites (tertiary alicyclic amines) is 1. The molecular weight excluding hydrogens is 284 g/mol. The Morgan fingerprint density at radius 2 is 2.18 bits per heavy atom. The highest BCUT2D eigenvalue weighted by atomic mass is 79.9. The smallest absolute Gasteiger partial charge is 0.0967 e. The van der Waals surface area contributed by atoms with E-state index in [0.717, 1.165) is 29.8 Å². The Morgan fingerprint density at radius 1 is 1.35 bits per heavy atom. The SMILES string of the molecule is Cn1ncc(CN2CC(n3cc(Br)cn3)C2)n1. The lowest BCUT2D eigenvalue weighted by Crippen LogP contribution is -2.47. The van der Waals surface area contributed by atoms with Crippen LogP contribution in [0.2, 0.25) is 0 Å². The van der Waals surface area contributed by atoms with Gasteiger partial charge >= 0.3 is 0 Å². The Bertz CT molecular complexity index is 512. The van der Waals surface area contributed by atoms with E-state index >= 15 is 0 Å². The number of rotatable bonds is 3. The molecule has 0 unspecified atom stereocenters. The first-order valence-electron chi connectivity index (χ1n) is 5.48. The van der Waals surface area contributed by atoms with Gasteiger partial charge in [-0.05, 0) is 15.9 Å². The minimum Gasteiger partial charge on any atom is -0.293 e. The number of aryl methyl sites for hydroxylation is 1. The van der Waals surface area contributed by atoms with Gasteiger partial charge in [0, 0.05) is 32.9 Å². The van der Waals surface area contributed by atoms with Crippen molar-refractivity contribution >= 4 is 15.9 Å². The second kappa shape index (κ2) is 4.23. The molecule has 0 aliphatic carbocycles. The molecule has 6 nitrogen and oxygen atoms in total. The average molecular weight is 297 g/mol. The van der Waals surface area contributed by atoms with Crippen molar-refractivity contribution in [1.82, 2.24) is 29.7 Å². The molecule has 90 valence electrons. The minimum absolute atomic E-state index is 0.484. The largest absolute Gasteiger partial charge is 0.293 e. The third-order valence-electron chi connectivity index (χ3n) is 2.91. The molecular formula is C10H13BrN6. The van der Waals surface area contributed by atoms with Crippen LogP contribution >= 0.6 is 15.9 Å². The van der Waals surface area contributed by atoms with E-state index in [1.807, 2.05) is 30.3 Å². The summed E-state index contributed by atoms with van der Waals surface area (Å²) in [6.07, 6.45) is 5.66. The summed E-state index contributed by atoms with van der Waals surface area (Å²) >= 11 is 3.41. The predicted molar refractivity (Wildman–Crippen MR) is 65.2 cm³/mol. The van der Waals surface area contributed by atoms with Gasteiger partial charge in [0.15, 0.2) is 0 Å². The van der Waals surface area contributed by atoms with E-state index in [2.05, 4.69) is 36.1 Å². The van der Waals surface area contributed by atoms with Crippen molar-refractivity contribution in [3.8, 4) is 0 Å². The fourth-order valence-corrected chi connectivity index (χ4v) is 2.34. The number of hydrogen-bond acceptors (Lipinski definition) is 4. The summed E-state index contributed by atoms with van der Waals surface area (Å²) in [4.78, 5) is 3.93. The lowest BCUT2D eigenvalue weighted by Gasteiger charge is -2.38. The average Bonchev–Trinajstić information content (AvgIpc) is 2.81. The third kappa shape index (κ3) is 2.25. The van der Waals surface area contributed by atoms with Gasteiger partial charge in [-0.1, -0.05) is 0 Å². The molecule has 0 aromatic carbocycles. The van der Waals surface area contributed by atoms with Gasteiger partial charge in [-0.25, -0.2) is 0 Å². The van der Waals surface area contributed by atoms with Gasteiger partial charge < -0.3 is 0 Å². The Morgan fingerprint density at radius 3 is 2.76 bits per heavy atom. The minimum atomic E-state index is 0.484. The lowest BCUT2D eigenvalue weighted by atomic mass is 10.1. The number of nitrogens with zero attached hydrogens (tertiary/aromatic N) is 6. The molecule has 0 amide bonds. The topological polar surface area (TPSA) is 51.8 Å².